The Hall–Kier alpha value is -1.18. The van der Waals surface area contributed by atoms with Gasteiger partial charge in [-0.2, -0.15) is 0 Å². The average molecular weight is 249 g/mol. The van der Waals surface area contributed by atoms with Crippen molar-refractivity contribution in [2.24, 2.45) is 0 Å². The Labute approximate surface area is 99.9 Å². The molecule has 0 aromatic rings. The average Bonchev–Trinajstić information content (AvgIpc) is 2.26. The maximum absolute atomic E-state index is 11.2. The second kappa shape index (κ2) is 10.0. The van der Waals surface area contributed by atoms with Gasteiger partial charge in [0.2, 0.25) is 5.91 Å². The van der Waals surface area contributed by atoms with Crippen LogP contribution in [0.2, 0.25) is 0 Å². The van der Waals surface area contributed by atoms with Gasteiger partial charge in [-0.1, -0.05) is 0 Å². The minimum atomic E-state index is -1.04. The molecular formula is C10H19NO6. The van der Waals surface area contributed by atoms with E-state index >= 15 is 0 Å². The van der Waals surface area contributed by atoms with Crippen LogP contribution in [0.5, 0.6) is 0 Å². The number of aliphatic carboxylic acids is 1. The first-order valence-corrected chi connectivity index (χ1v) is 5.31. The SMILES string of the molecule is CC(=O)N(CCOCCO)CCOCC(=O)O. The van der Waals surface area contributed by atoms with Crippen LogP contribution in [-0.4, -0.2) is 73.1 Å². The molecule has 1 amide bonds. The molecule has 0 saturated carbocycles. The summed E-state index contributed by atoms with van der Waals surface area (Å²) in [5, 5.41) is 16.8. The van der Waals surface area contributed by atoms with Crippen molar-refractivity contribution < 1.29 is 29.3 Å². The zero-order chi connectivity index (χ0) is 13.1. The van der Waals surface area contributed by atoms with Gasteiger partial charge in [-0.05, 0) is 0 Å². The largest absolute Gasteiger partial charge is 0.480 e. The molecule has 7 heteroatoms. The summed E-state index contributed by atoms with van der Waals surface area (Å²) in [4.78, 5) is 22.9. The van der Waals surface area contributed by atoms with Gasteiger partial charge in [-0.25, -0.2) is 4.79 Å². The minimum Gasteiger partial charge on any atom is -0.480 e. The fourth-order valence-electron chi connectivity index (χ4n) is 1.10. The van der Waals surface area contributed by atoms with Crippen molar-refractivity contribution >= 4 is 11.9 Å². The zero-order valence-corrected chi connectivity index (χ0v) is 9.92. The summed E-state index contributed by atoms with van der Waals surface area (Å²) in [5.41, 5.74) is 0. The number of nitrogens with zero attached hydrogens (tertiary/aromatic N) is 1. The van der Waals surface area contributed by atoms with Crippen LogP contribution in [-0.2, 0) is 19.1 Å². The predicted octanol–water partition coefficient (Wildman–Crippen LogP) is -1.05. The van der Waals surface area contributed by atoms with Gasteiger partial charge in [0.05, 0.1) is 26.4 Å². The quantitative estimate of drug-likeness (QED) is 0.479. The fourth-order valence-corrected chi connectivity index (χ4v) is 1.10. The first kappa shape index (κ1) is 15.8. The van der Waals surface area contributed by atoms with Crippen LogP contribution in [0, 0.1) is 0 Å². The number of hydrogen-bond donors (Lipinski definition) is 2. The number of carbonyl (C=O) groups is 2. The molecule has 2 N–H and O–H groups in total. The van der Waals surface area contributed by atoms with Gasteiger partial charge in [0.15, 0.2) is 0 Å². The Balaban J connectivity index is 3.67. The lowest BCUT2D eigenvalue weighted by molar-refractivity contribution is -0.142. The molecule has 0 bridgehead atoms. The number of carboxylic acids is 1. The van der Waals surface area contributed by atoms with E-state index in [0.29, 0.717) is 19.7 Å². The lowest BCUT2D eigenvalue weighted by Crippen LogP contribution is -2.35. The highest BCUT2D eigenvalue weighted by Gasteiger charge is 2.08. The van der Waals surface area contributed by atoms with E-state index in [-0.39, 0.29) is 32.3 Å². The summed E-state index contributed by atoms with van der Waals surface area (Å²) in [5.74, 6) is -1.16. The summed E-state index contributed by atoms with van der Waals surface area (Å²) in [7, 11) is 0. The number of amides is 1. The van der Waals surface area contributed by atoms with Crippen LogP contribution < -0.4 is 0 Å². The Morgan fingerprint density at radius 3 is 2.18 bits per heavy atom. The normalized spacial score (nSPS) is 10.2. The molecule has 100 valence electrons. The highest BCUT2D eigenvalue weighted by Crippen LogP contribution is 1.91. The van der Waals surface area contributed by atoms with E-state index in [1.54, 1.807) is 0 Å². The Morgan fingerprint density at radius 2 is 1.71 bits per heavy atom. The van der Waals surface area contributed by atoms with E-state index in [4.69, 9.17) is 19.7 Å². The Kier molecular flexibility index (Phi) is 9.31. The van der Waals surface area contributed by atoms with Gasteiger partial charge in [-0.3, -0.25) is 4.79 Å². The lowest BCUT2D eigenvalue weighted by atomic mass is 10.4. The summed E-state index contributed by atoms with van der Waals surface area (Å²) < 4.78 is 9.86. The fraction of sp³-hybridized carbons (Fsp3) is 0.800. The number of rotatable bonds is 10. The lowest BCUT2D eigenvalue weighted by Gasteiger charge is -2.20. The second-order valence-corrected chi connectivity index (χ2v) is 3.29. The van der Waals surface area contributed by atoms with E-state index in [0.717, 1.165) is 0 Å². The van der Waals surface area contributed by atoms with Crippen molar-refractivity contribution in [3.8, 4) is 0 Å². The Bertz CT molecular complexity index is 233. The molecule has 0 aliphatic carbocycles. The van der Waals surface area contributed by atoms with Crippen LogP contribution in [0.15, 0.2) is 0 Å². The second-order valence-electron chi connectivity index (χ2n) is 3.29. The van der Waals surface area contributed by atoms with Crippen LogP contribution >= 0.6 is 0 Å². The zero-order valence-electron chi connectivity index (χ0n) is 9.92. The maximum atomic E-state index is 11.2. The van der Waals surface area contributed by atoms with E-state index in [9.17, 15) is 9.59 Å². The Morgan fingerprint density at radius 1 is 1.12 bits per heavy atom. The van der Waals surface area contributed by atoms with Gasteiger partial charge >= 0.3 is 5.97 Å². The van der Waals surface area contributed by atoms with E-state index in [1.807, 2.05) is 0 Å². The molecule has 0 aromatic heterocycles. The molecule has 0 aliphatic rings. The summed E-state index contributed by atoms with van der Waals surface area (Å²) >= 11 is 0. The molecule has 0 saturated heterocycles. The van der Waals surface area contributed by atoms with Crippen molar-refractivity contribution in [1.82, 2.24) is 4.90 Å². The van der Waals surface area contributed by atoms with Crippen LogP contribution in [0.3, 0.4) is 0 Å². The first-order valence-electron chi connectivity index (χ1n) is 5.31. The summed E-state index contributed by atoms with van der Waals surface area (Å²) in [6.45, 7) is 2.46. The topological polar surface area (TPSA) is 96.3 Å². The number of ether oxygens (including phenoxy) is 2. The molecule has 0 atom stereocenters. The molecule has 0 spiro atoms. The third kappa shape index (κ3) is 9.73. The number of aliphatic hydroxyl groups excluding tert-OH is 1. The van der Waals surface area contributed by atoms with Crippen molar-refractivity contribution in [3.63, 3.8) is 0 Å². The summed E-state index contributed by atoms with van der Waals surface area (Å²) in [6, 6.07) is 0. The smallest absolute Gasteiger partial charge is 0.329 e. The van der Waals surface area contributed by atoms with Gasteiger partial charge in [0.25, 0.3) is 0 Å². The number of hydrogen-bond acceptors (Lipinski definition) is 5. The monoisotopic (exact) mass is 249 g/mol. The third-order valence-corrected chi connectivity index (χ3v) is 1.92. The number of carboxylic acid groups (broad SMARTS) is 1. The van der Waals surface area contributed by atoms with E-state index in [1.165, 1.54) is 11.8 Å². The molecule has 0 radical (unpaired) electrons. The standard InChI is InChI=1S/C10H19NO6/c1-9(13)11(2-5-16-7-4-12)3-6-17-8-10(14)15/h12H,2-8H2,1H3,(H,14,15). The third-order valence-electron chi connectivity index (χ3n) is 1.92. The molecule has 0 rings (SSSR count). The molecule has 0 aromatic carbocycles. The molecular weight excluding hydrogens is 230 g/mol. The number of aliphatic hydroxyl groups is 1. The molecule has 0 fully saturated rings. The van der Waals surface area contributed by atoms with E-state index < -0.39 is 5.97 Å². The highest BCUT2D eigenvalue weighted by molar-refractivity contribution is 5.73. The molecule has 7 nitrogen and oxygen atoms in total. The molecule has 0 aliphatic heterocycles. The first-order chi connectivity index (χ1) is 8.07. The highest BCUT2D eigenvalue weighted by atomic mass is 16.5. The van der Waals surface area contributed by atoms with Crippen LogP contribution in [0.1, 0.15) is 6.92 Å². The molecule has 0 heterocycles. The van der Waals surface area contributed by atoms with Crippen molar-refractivity contribution in [1.29, 1.82) is 0 Å². The van der Waals surface area contributed by atoms with Gasteiger partial charge in [0, 0.05) is 20.0 Å². The summed E-state index contributed by atoms with van der Waals surface area (Å²) in [6.07, 6.45) is 0. The minimum absolute atomic E-state index is 0.0538. The molecule has 17 heavy (non-hydrogen) atoms. The van der Waals surface area contributed by atoms with Crippen LogP contribution in [0.25, 0.3) is 0 Å². The molecule has 0 unspecified atom stereocenters. The van der Waals surface area contributed by atoms with Crippen molar-refractivity contribution in [3.05, 3.63) is 0 Å². The van der Waals surface area contributed by atoms with Gasteiger partial charge in [0.1, 0.15) is 6.61 Å². The van der Waals surface area contributed by atoms with Crippen LogP contribution in [0.4, 0.5) is 0 Å². The van der Waals surface area contributed by atoms with Crippen molar-refractivity contribution in [2.45, 2.75) is 6.92 Å². The van der Waals surface area contributed by atoms with Gasteiger partial charge in [-0.15, -0.1) is 0 Å². The predicted molar refractivity (Wildman–Crippen MR) is 58.6 cm³/mol. The van der Waals surface area contributed by atoms with Gasteiger partial charge < -0.3 is 24.6 Å². The number of carbonyl (C=O) groups excluding carboxylic acids is 1. The van der Waals surface area contributed by atoms with E-state index in [2.05, 4.69) is 0 Å². The maximum Gasteiger partial charge on any atom is 0.329 e. The van der Waals surface area contributed by atoms with Crippen molar-refractivity contribution in [2.75, 3.05) is 46.1 Å².